The SMILES string of the molecule is CCCOCCOCCOCCOCCOCCOCCOCCOCCOCCOCCOCCOCCOC(=O)CC. The van der Waals surface area contributed by atoms with Gasteiger partial charge in [-0.1, -0.05) is 13.8 Å². The minimum Gasteiger partial charge on any atom is -0.463 e. The Morgan fingerprint density at radius 2 is 0.477 bits per heavy atom. The number of carbonyl (C=O) groups excluding carboxylic acids is 1. The smallest absolute Gasteiger partial charge is 0.305 e. The number of ether oxygens (including phenoxy) is 13. The van der Waals surface area contributed by atoms with Gasteiger partial charge in [0.25, 0.3) is 0 Å². The van der Waals surface area contributed by atoms with Gasteiger partial charge in [0.1, 0.15) is 6.61 Å². The highest BCUT2D eigenvalue weighted by molar-refractivity contribution is 5.68. The third-order valence-electron chi connectivity index (χ3n) is 5.22. The zero-order valence-corrected chi connectivity index (χ0v) is 27.3. The molecule has 264 valence electrons. The molecule has 0 heterocycles. The molecule has 44 heavy (non-hydrogen) atoms. The van der Waals surface area contributed by atoms with Gasteiger partial charge in [-0.2, -0.15) is 0 Å². The van der Waals surface area contributed by atoms with Gasteiger partial charge in [0.15, 0.2) is 0 Å². The Morgan fingerprint density at radius 3 is 0.659 bits per heavy atom. The minimum absolute atomic E-state index is 0.223. The van der Waals surface area contributed by atoms with E-state index in [1.165, 1.54) is 0 Å². The predicted molar refractivity (Wildman–Crippen MR) is 161 cm³/mol. The van der Waals surface area contributed by atoms with Gasteiger partial charge in [0.05, 0.1) is 152 Å². The third-order valence-corrected chi connectivity index (χ3v) is 5.22. The van der Waals surface area contributed by atoms with E-state index in [4.69, 9.17) is 61.6 Å². The molecule has 0 atom stereocenters. The van der Waals surface area contributed by atoms with Crippen molar-refractivity contribution in [2.24, 2.45) is 0 Å². The topological polar surface area (TPSA) is 137 Å². The fourth-order valence-electron chi connectivity index (χ4n) is 2.98. The molecule has 0 N–H and O–H groups in total. The number of hydrogen-bond acceptors (Lipinski definition) is 14. The van der Waals surface area contributed by atoms with Crippen LogP contribution >= 0.6 is 0 Å². The van der Waals surface area contributed by atoms with E-state index in [2.05, 4.69) is 6.92 Å². The van der Waals surface area contributed by atoms with Crippen molar-refractivity contribution >= 4 is 5.97 Å². The summed E-state index contributed by atoms with van der Waals surface area (Å²) >= 11 is 0. The Balaban J connectivity index is 3.04. The van der Waals surface area contributed by atoms with Gasteiger partial charge in [-0.3, -0.25) is 4.79 Å². The van der Waals surface area contributed by atoms with Gasteiger partial charge in [-0.15, -0.1) is 0 Å². The van der Waals surface area contributed by atoms with Crippen molar-refractivity contribution in [3.63, 3.8) is 0 Å². The second kappa shape index (κ2) is 40.0. The quantitative estimate of drug-likeness (QED) is 0.0707. The van der Waals surface area contributed by atoms with E-state index >= 15 is 0 Å². The van der Waals surface area contributed by atoms with Crippen LogP contribution in [0.1, 0.15) is 26.7 Å². The van der Waals surface area contributed by atoms with Gasteiger partial charge >= 0.3 is 5.97 Å². The van der Waals surface area contributed by atoms with E-state index in [9.17, 15) is 4.79 Å². The molecule has 0 aromatic rings. The summed E-state index contributed by atoms with van der Waals surface area (Å²) in [4.78, 5) is 11.0. The average Bonchev–Trinajstić information content (AvgIpc) is 3.04. The maximum atomic E-state index is 11.0. The summed E-state index contributed by atoms with van der Waals surface area (Å²) in [5, 5.41) is 0. The molecule has 0 saturated carbocycles. The molecule has 0 radical (unpaired) electrons. The van der Waals surface area contributed by atoms with E-state index in [0.29, 0.717) is 158 Å². The Bertz CT molecular complexity index is 544. The fraction of sp³-hybridized carbons (Fsp3) is 0.967. The molecule has 0 aromatic carbocycles. The minimum atomic E-state index is -0.223. The van der Waals surface area contributed by atoms with Crippen LogP contribution in [0, 0.1) is 0 Å². The summed E-state index contributed by atoms with van der Waals surface area (Å²) in [7, 11) is 0. The van der Waals surface area contributed by atoms with Crippen LogP contribution < -0.4 is 0 Å². The van der Waals surface area contributed by atoms with E-state index in [-0.39, 0.29) is 12.6 Å². The van der Waals surface area contributed by atoms with Gasteiger partial charge in [-0.05, 0) is 6.42 Å². The molecule has 0 aliphatic heterocycles. The molecule has 0 spiro atoms. The molecule has 0 rings (SSSR count). The first kappa shape index (κ1) is 43.0. The number of hydrogen-bond donors (Lipinski definition) is 0. The summed E-state index contributed by atoms with van der Waals surface area (Å²) in [6.45, 7) is 16.6. The van der Waals surface area contributed by atoms with Gasteiger partial charge < -0.3 is 61.6 Å². The second-order valence-electron chi connectivity index (χ2n) is 8.92. The summed E-state index contributed by atoms with van der Waals surface area (Å²) in [5.41, 5.74) is 0. The molecule has 14 nitrogen and oxygen atoms in total. The van der Waals surface area contributed by atoms with Crippen molar-refractivity contribution in [3.8, 4) is 0 Å². The summed E-state index contributed by atoms with van der Waals surface area (Å²) in [6, 6.07) is 0. The average molecular weight is 645 g/mol. The second-order valence-corrected chi connectivity index (χ2v) is 8.92. The lowest BCUT2D eigenvalue weighted by Gasteiger charge is -2.09. The summed E-state index contributed by atoms with van der Waals surface area (Å²) in [6.07, 6.45) is 1.40. The van der Waals surface area contributed by atoms with Crippen molar-refractivity contribution in [1.82, 2.24) is 0 Å². The summed E-state index contributed by atoms with van der Waals surface area (Å²) < 4.78 is 70.0. The number of esters is 1. The van der Waals surface area contributed by atoms with Crippen LogP contribution in [-0.4, -0.2) is 171 Å². The highest BCUT2D eigenvalue weighted by atomic mass is 16.6. The van der Waals surface area contributed by atoms with E-state index in [1.807, 2.05) is 0 Å². The van der Waals surface area contributed by atoms with Crippen molar-refractivity contribution in [2.45, 2.75) is 26.7 Å². The van der Waals surface area contributed by atoms with Crippen molar-refractivity contribution in [2.75, 3.05) is 165 Å². The summed E-state index contributed by atoms with van der Waals surface area (Å²) in [5.74, 6) is -0.223. The van der Waals surface area contributed by atoms with Crippen LogP contribution in [0.25, 0.3) is 0 Å². The number of rotatable bonds is 39. The highest BCUT2D eigenvalue weighted by Gasteiger charge is 1.98. The van der Waals surface area contributed by atoms with Gasteiger partial charge in [0.2, 0.25) is 0 Å². The van der Waals surface area contributed by atoms with Crippen LogP contribution in [0.3, 0.4) is 0 Å². The predicted octanol–water partition coefficient (Wildman–Crippen LogP) is 1.55. The molecule has 0 amide bonds. The highest BCUT2D eigenvalue weighted by Crippen LogP contribution is 1.88. The maximum Gasteiger partial charge on any atom is 0.305 e. The zero-order chi connectivity index (χ0) is 31.9. The van der Waals surface area contributed by atoms with Crippen molar-refractivity contribution in [1.29, 1.82) is 0 Å². The molecule has 14 heteroatoms. The lowest BCUT2D eigenvalue weighted by molar-refractivity contribution is -0.144. The van der Waals surface area contributed by atoms with Crippen molar-refractivity contribution < 1.29 is 66.4 Å². The van der Waals surface area contributed by atoms with E-state index in [1.54, 1.807) is 6.92 Å². The Labute approximate surface area is 264 Å². The largest absolute Gasteiger partial charge is 0.463 e. The lowest BCUT2D eigenvalue weighted by atomic mass is 10.5. The molecule has 0 aromatic heterocycles. The van der Waals surface area contributed by atoms with Crippen LogP contribution in [0.2, 0.25) is 0 Å². The molecular formula is C30H60O14. The third kappa shape index (κ3) is 39.0. The Morgan fingerprint density at radius 1 is 0.295 bits per heavy atom. The Kier molecular flexibility index (Phi) is 39.1. The first-order valence-corrected chi connectivity index (χ1v) is 15.9. The van der Waals surface area contributed by atoms with Crippen LogP contribution in [0.4, 0.5) is 0 Å². The standard InChI is InChI=1S/C30H60O14/c1-3-5-32-6-7-33-8-9-34-10-11-35-12-13-36-14-15-37-16-17-38-18-19-39-20-21-40-22-23-41-24-25-42-26-27-43-28-29-44-30(31)4-2/h3-29H2,1-2H3. The van der Waals surface area contributed by atoms with Crippen LogP contribution in [0.15, 0.2) is 0 Å². The molecular weight excluding hydrogens is 584 g/mol. The number of carbonyl (C=O) groups is 1. The zero-order valence-electron chi connectivity index (χ0n) is 27.3. The fourth-order valence-corrected chi connectivity index (χ4v) is 2.98. The van der Waals surface area contributed by atoms with Gasteiger partial charge in [0, 0.05) is 13.0 Å². The van der Waals surface area contributed by atoms with Crippen LogP contribution in [0.5, 0.6) is 0 Å². The molecule has 0 aliphatic rings. The molecule has 0 saturated heterocycles. The first-order chi connectivity index (χ1) is 21.8. The normalized spacial score (nSPS) is 11.4. The van der Waals surface area contributed by atoms with Crippen LogP contribution in [-0.2, 0) is 66.4 Å². The monoisotopic (exact) mass is 644 g/mol. The van der Waals surface area contributed by atoms with Crippen molar-refractivity contribution in [3.05, 3.63) is 0 Å². The molecule has 0 unspecified atom stereocenters. The lowest BCUT2D eigenvalue weighted by Crippen LogP contribution is -2.15. The first-order valence-electron chi connectivity index (χ1n) is 15.9. The maximum absolute atomic E-state index is 11.0. The molecule has 0 bridgehead atoms. The van der Waals surface area contributed by atoms with E-state index < -0.39 is 0 Å². The molecule has 0 aliphatic carbocycles. The molecule has 0 fully saturated rings. The van der Waals surface area contributed by atoms with Gasteiger partial charge in [-0.25, -0.2) is 0 Å². The van der Waals surface area contributed by atoms with E-state index in [0.717, 1.165) is 13.0 Å². The Hall–Kier alpha value is -1.01.